The highest BCUT2D eigenvalue weighted by atomic mass is 16.6. The number of aliphatic hydroxyl groups excluding tert-OH is 1. The lowest BCUT2D eigenvalue weighted by atomic mass is 10.0. The van der Waals surface area contributed by atoms with E-state index >= 15 is 0 Å². The first-order valence-corrected chi connectivity index (χ1v) is 6.18. The molecule has 0 saturated heterocycles. The SMILES string of the molecule is CC[C@H](C[C@H](C)CO)Nc1ccc([N+](=O)[O-])cc1. The Labute approximate surface area is 107 Å². The molecular weight excluding hydrogens is 232 g/mol. The van der Waals surface area contributed by atoms with Crippen molar-refractivity contribution < 1.29 is 10.0 Å². The van der Waals surface area contributed by atoms with E-state index in [1.165, 1.54) is 12.1 Å². The molecule has 100 valence electrons. The number of aliphatic hydroxyl groups is 1. The Balaban J connectivity index is 2.61. The number of benzene rings is 1. The zero-order chi connectivity index (χ0) is 13.5. The molecule has 0 unspecified atom stereocenters. The van der Waals surface area contributed by atoms with Gasteiger partial charge in [-0.15, -0.1) is 0 Å². The highest BCUT2D eigenvalue weighted by molar-refractivity contribution is 5.49. The quantitative estimate of drug-likeness (QED) is 0.578. The molecular formula is C13H20N2O3. The van der Waals surface area contributed by atoms with Gasteiger partial charge in [-0.05, 0) is 30.9 Å². The standard InChI is InChI=1S/C13H20N2O3/c1-3-11(8-10(2)9-16)14-12-4-6-13(7-5-12)15(17)18/h4-7,10-11,14,16H,3,8-9H2,1-2H3/t10-,11+/m0/s1. The summed E-state index contributed by atoms with van der Waals surface area (Å²) in [5, 5.41) is 22.9. The van der Waals surface area contributed by atoms with E-state index in [-0.39, 0.29) is 24.3 Å². The summed E-state index contributed by atoms with van der Waals surface area (Å²) >= 11 is 0. The van der Waals surface area contributed by atoms with Gasteiger partial charge in [0, 0.05) is 30.5 Å². The van der Waals surface area contributed by atoms with Crippen LogP contribution >= 0.6 is 0 Å². The predicted octanol–water partition coefficient (Wildman–Crippen LogP) is 2.80. The minimum atomic E-state index is -0.408. The molecule has 1 aromatic carbocycles. The van der Waals surface area contributed by atoms with E-state index in [9.17, 15) is 10.1 Å². The normalized spacial score (nSPS) is 13.9. The Morgan fingerprint density at radius 1 is 1.39 bits per heavy atom. The van der Waals surface area contributed by atoms with Crippen LogP contribution in [0.1, 0.15) is 26.7 Å². The second kappa shape index (κ2) is 6.96. The molecule has 0 heterocycles. The molecule has 0 fully saturated rings. The summed E-state index contributed by atoms with van der Waals surface area (Å²) in [5.74, 6) is 0.250. The van der Waals surface area contributed by atoms with Crippen LogP contribution in [-0.2, 0) is 0 Å². The van der Waals surface area contributed by atoms with E-state index in [2.05, 4.69) is 12.2 Å². The second-order valence-corrected chi connectivity index (χ2v) is 4.58. The van der Waals surface area contributed by atoms with Crippen molar-refractivity contribution in [3.05, 3.63) is 34.4 Å². The van der Waals surface area contributed by atoms with Gasteiger partial charge in [0.1, 0.15) is 0 Å². The molecule has 0 bridgehead atoms. The summed E-state index contributed by atoms with van der Waals surface area (Å²) < 4.78 is 0. The number of hydrogen-bond acceptors (Lipinski definition) is 4. The summed E-state index contributed by atoms with van der Waals surface area (Å²) in [6, 6.07) is 6.68. The van der Waals surface area contributed by atoms with E-state index in [4.69, 9.17) is 5.11 Å². The first-order valence-electron chi connectivity index (χ1n) is 6.18. The fraction of sp³-hybridized carbons (Fsp3) is 0.538. The largest absolute Gasteiger partial charge is 0.396 e. The number of nitrogens with one attached hydrogen (secondary N) is 1. The number of nitro benzene ring substituents is 1. The van der Waals surface area contributed by atoms with Crippen LogP contribution in [0.3, 0.4) is 0 Å². The smallest absolute Gasteiger partial charge is 0.269 e. The van der Waals surface area contributed by atoms with Crippen molar-refractivity contribution in [1.29, 1.82) is 0 Å². The number of anilines is 1. The van der Waals surface area contributed by atoms with Crippen LogP contribution in [-0.4, -0.2) is 22.7 Å². The molecule has 0 aromatic heterocycles. The number of non-ortho nitro benzene ring substituents is 1. The number of hydrogen-bond donors (Lipinski definition) is 2. The molecule has 0 amide bonds. The van der Waals surface area contributed by atoms with Gasteiger partial charge in [-0.3, -0.25) is 10.1 Å². The third-order valence-electron chi connectivity index (χ3n) is 2.94. The van der Waals surface area contributed by atoms with Gasteiger partial charge in [0.25, 0.3) is 5.69 Å². The second-order valence-electron chi connectivity index (χ2n) is 4.58. The summed E-state index contributed by atoms with van der Waals surface area (Å²) in [7, 11) is 0. The fourth-order valence-electron chi connectivity index (χ4n) is 1.80. The highest BCUT2D eigenvalue weighted by Gasteiger charge is 2.11. The summed E-state index contributed by atoms with van der Waals surface area (Å²) in [4.78, 5) is 10.1. The Bertz CT molecular complexity index is 378. The van der Waals surface area contributed by atoms with Gasteiger partial charge < -0.3 is 10.4 Å². The molecule has 18 heavy (non-hydrogen) atoms. The molecule has 1 aromatic rings. The van der Waals surface area contributed by atoms with Crippen LogP contribution in [0.25, 0.3) is 0 Å². The lowest BCUT2D eigenvalue weighted by molar-refractivity contribution is -0.384. The van der Waals surface area contributed by atoms with Gasteiger partial charge in [0.15, 0.2) is 0 Å². The van der Waals surface area contributed by atoms with Gasteiger partial charge in [-0.2, -0.15) is 0 Å². The molecule has 0 aliphatic carbocycles. The van der Waals surface area contributed by atoms with E-state index < -0.39 is 4.92 Å². The topological polar surface area (TPSA) is 75.4 Å². The van der Waals surface area contributed by atoms with E-state index in [0.717, 1.165) is 18.5 Å². The molecule has 0 saturated carbocycles. The Morgan fingerprint density at radius 3 is 2.44 bits per heavy atom. The fourth-order valence-corrected chi connectivity index (χ4v) is 1.80. The van der Waals surface area contributed by atoms with Crippen molar-refractivity contribution in [3.8, 4) is 0 Å². The Morgan fingerprint density at radius 2 is 2.00 bits per heavy atom. The van der Waals surface area contributed by atoms with Crippen molar-refractivity contribution in [2.45, 2.75) is 32.7 Å². The molecule has 1 rings (SSSR count). The lowest BCUT2D eigenvalue weighted by Gasteiger charge is -2.21. The van der Waals surface area contributed by atoms with Crippen LogP contribution in [0, 0.1) is 16.0 Å². The molecule has 0 aliphatic heterocycles. The molecule has 0 spiro atoms. The zero-order valence-electron chi connectivity index (χ0n) is 10.8. The van der Waals surface area contributed by atoms with Crippen LogP contribution in [0.5, 0.6) is 0 Å². The van der Waals surface area contributed by atoms with Gasteiger partial charge in [0.2, 0.25) is 0 Å². The van der Waals surface area contributed by atoms with Crippen LogP contribution in [0.4, 0.5) is 11.4 Å². The zero-order valence-corrected chi connectivity index (χ0v) is 10.8. The summed E-state index contributed by atoms with van der Waals surface area (Å²) in [5.41, 5.74) is 0.968. The minimum absolute atomic E-state index is 0.0947. The van der Waals surface area contributed by atoms with Gasteiger partial charge in [0.05, 0.1) is 4.92 Å². The first-order chi connectivity index (χ1) is 8.56. The summed E-state index contributed by atoms with van der Waals surface area (Å²) in [6.07, 6.45) is 1.82. The summed E-state index contributed by atoms with van der Waals surface area (Å²) in [6.45, 7) is 4.26. The monoisotopic (exact) mass is 252 g/mol. The van der Waals surface area contributed by atoms with Crippen molar-refractivity contribution in [2.75, 3.05) is 11.9 Å². The number of nitrogens with zero attached hydrogens (tertiary/aromatic N) is 1. The minimum Gasteiger partial charge on any atom is -0.396 e. The lowest BCUT2D eigenvalue weighted by Crippen LogP contribution is -2.22. The Hall–Kier alpha value is -1.62. The number of rotatable bonds is 7. The van der Waals surface area contributed by atoms with E-state index in [1.54, 1.807) is 12.1 Å². The van der Waals surface area contributed by atoms with Crippen LogP contribution in [0.2, 0.25) is 0 Å². The predicted molar refractivity (Wildman–Crippen MR) is 71.7 cm³/mol. The van der Waals surface area contributed by atoms with Gasteiger partial charge >= 0.3 is 0 Å². The molecule has 2 N–H and O–H groups in total. The van der Waals surface area contributed by atoms with E-state index in [1.807, 2.05) is 6.92 Å². The maximum absolute atomic E-state index is 10.5. The molecule has 0 radical (unpaired) electrons. The third-order valence-corrected chi connectivity index (χ3v) is 2.94. The van der Waals surface area contributed by atoms with Crippen LogP contribution in [0.15, 0.2) is 24.3 Å². The average Bonchev–Trinajstić information content (AvgIpc) is 2.38. The maximum Gasteiger partial charge on any atom is 0.269 e. The van der Waals surface area contributed by atoms with Crippen LogP contribution < -0.4 is 5.32 Å². The first kappa shape index (κ1) is 14.4. The van der Waals surface area contributed by atoms with Gasteiger partial charge in [-0.1, -0.05) is 13.8 Å². The van der Waals surface area contributed by atoms with Crippen molar-refractivity contribution in [2.24, 2.45) is 5.92 Å². The molecule has 0 aliphatic rings. The van der Waals surface area contributed by atoms with Crippen molar-refractivity contribution >= 4 is 11.4 Å². The third kappa shape index (κ3) is 4.33. The maximum atomic E-state index is 10.5. The molecule has 5 nitrogen and oxygen atoms in total. The molecule has 5 heteroatoms. The number of nitro groups is 1. The molecule has 2 atom stereocenters. The average molecular weight is 252 g/mol. The van der Waals surface area contributed by atoms with Crippen molar-refractivity contribution in [3.63, 3.8) is 0 Å². The van der Waals surface area contributed by atoms with Gasteiger partial charge in [-0.25, -0.2) is 0 Å². The Kier molecular flexibility index (Phi) is 5.58. The van der Waals surface area contributed by atoms with E-state index in [0.29, 0.717) is 0 Å². The van der Waals surface area contributed by atoms with Crippen molar-refractivity contribution in [1.82, 2.24) is 0 Å². The highest BCUT2D eigenvalue weighted by Crippen LogP contribution is 2.19.